The lowest BCUT2D eigenvalue weighted by Gasteiger charge is -2.64. The Hall–Kier alpha value is -2.47. The number of allylic oxidation sites excluding steroid dienone is 2. The minimum absolute atomic E-state index is 0.0174. The van der Waals surface area contributed by atoms with Crippen LogP contribution in [0.15, 0.2) is 17.1 Å². The lowest BCUT2D eigenvalue weighted by atomic mass is 9.43. The van der Waals surface area contributed by atoms with Crippen LogP contribution < -0.4 is 16.5 Å². The Morgan fingerprint density at radius 2 is 2.02 bits per heavy atom. The van der Waals surface area contributed by atoms with Gasteiger partial charge in [-0.15, -0.1) is 0 Å². The van der Waals surface area contributed by atoms with E-state index in [1.54, 1.807) is 0 Å². The number of hydrogen-bond acceptors (Lipinski definition) is 7. The molecule has 1 aliphatic heterocycles. The van der Waals surface area contributed by atoms with Crippen molar-refractivity contribution in [1.29, 1.82) is 0 Å². The van der Waals surface area contributed by atoms with Crippen molar-refractivity contribution in [2.45, 2.75) is 110 Å². The number of amides is 1. The van der Waals surface area contributed by atoms with Gasteiger partial charge in [-0.1, -0.05) is 45.3 Å². The van der Waals surface area contributed by atoms with Gasteiger partial charge < -0.3 is 20.4 Å². The third-order valence-corrected chi connectivity index (χ3v) is 10.00. The highest BCUT2D eigenvalue weighted by Gasteiger charge is 2.68. The van der Waals surface area contributed by atoms with E-state index < -0.39 is 18.1 Å². The number of nitrogens with one attached hydrogen (secondary N) is 2. The highest BCUT2D eigenvalue weighted by atomic mass is 16.7. The van der Waals surface area contributed by atoms with Crippen molar-refractivity contribution in [3.63, 3.8) is 0 Å². The van der Waals surface area contributed by atoms with Gasteiger partial charge in [-0.3, -0.25) is 9.59 Å². The van der Waals surface area contributed by atoms with Crippen LogP contribution in [-0.4, -0.2) is 54.0 Å². The highest BCUT2D eigenvalue weighted by molar-refractivity contribution is 6.47. The van der Waals surface area contributed by atoms with Gasteiger partial charge in [-0.25, -0.2) is 15.1 Å². The number of nitro groups is 1. The molecule has 4 aliphatic carbocycles. The molecular formula is C29H48BN5O6. The SMILES string of the molecule is CC(C)C[C@H](NC(=O)[C@H](CCCN=C(N)N[N+](=O)[O-])CC(=O)CC1C=CCC1)B1O[C@@H]2C[C@H]3C[C@H](C3(C)C)[C@]2(C)O1. The first-order chi connectivity index (χ1) is 19.3. The molecule has 11 nitrogen and oxygen atoms in total. The molecule has 0 aromatic carbocycles. The van der Waals surface area contributed by atoms with Crippen LogP contribution in [-0.2, 0) is 18.9 Å². The van der Waals surface area contributed by atoms with Crippen LogP contribution in [0.2, 0.25) is 0 Å². The van der Waals surface area contributed by atoms with E-state index in [4.69, 9.17) is 15.0 Å². The number of guanidine groups is 1. The van der Waals surface area contributed by atoms with Crippen molar-refractivity contribution < 1.29 is 23.9 Å². The number of ketones is 1. The summed E-state index contributed by atoms with van der Waals surface area (Å²) in [5, 5.41) is 13.0. The molecule has 12 heteroatoms. The molecule has 7 atom stereocenters. The summed E-state index contributed by atoms with van der Waals surface area (Å²) < 4.78 is 13.2. The Labute approximate surface area is 244 Å². The van der Waals surface area contributed by atoms with E-state index >= 15 is 0 Å². The molecule has 1 unspecified atom stereocenters. The molecule has 5 rings (SSSR count). The maximum atomic E-state index is 13.8. The van der Waals surface area contributed by atoms with Gasteiger partial charge in [-0.05, 0) is 81.0 Å². The maximum Gasteiger partial charge on any atom is 0.481 e. The van der Waals surface area contributed by atoms with Crippen LogP contribution in [0.4, 0.5) is 0 Å². The molecule has 1 amide bonds. The number of rotatable bonds is 14. The average molecular weight is 574 g/mol. The van der Waals surface area contributed by atoms with Crippen LogP contribution >= 0.6 is 0 Å². The molecule has 0 aromatic heterocycles. The Bertz CT molecular complexity index is 1050. The monoisotopic (exact) mass is 573 g/mol. The second kappa shape index (κ2) is 12.8. The smallest absolute Gasteiger partial charge is 0.404 e. The van der Waals surface area contributed by atoms with Gasteiger partial charge >= 0.3 is 7.12 Å². The van der Waals surface area contributed by atoms with Crippen LogP contribution in [0.5, 0.6) is 0 Å². The molecule has 2 bridgehead atoms. The van der Waals surface area contributed by atoms with E-state index in [0.717, 1.165) is 25.7 Å². The molecule has 3 saturated carbocycles. The zero-order valence-corrected chi connectivity index (χ0v) is 25.3. The molecular weight excluding hydrogens is 525 g/mol. The molecule has 4 N–H and O–H groups in total. The number of carbonyl (C=O) groups excluding carboxylic acids is 2. The van der Waals surface area contributed by atoms with E-state index in [-0.39, 0.29) is 59.6 Å². The molecule has 1 saturated heterocycles. The normalized spacial score (nSPS) is 31.4. The number of hydrazine groups is 1. The first-order valence-corrected chi connectivity index (χ1v) is 15.3. The summed E-state index contributed by atoms with van der Waals surface area (Å²) in [4.78, 5) is 41.3. The van der Waals surface area contributed by atoms with Crippen molar-refractivity contribution in [2.75, 3.05) is 6.54 Å². The Morgan fingerprint density at radius 3 is 2.66 bits per heavy atom. The summed E-state index contributed by atoms with van der Waals surface area (Å²) >= 11 is 0. The Morgan fingerprint density at radius 1 is 1.27 bits per heavy atom. The van der Waals surface area contributed by atoms with Crippen molar-refractivity contribution in [3.8, 4) is 0 Å². The topological polar surface area (TPSA) is 158 Å². The summed E-state index contributed by atoms with van der Waals surface area (Å²) in [6.07, 6.45) is 10.4. The number of aliphatic imine (C=N–C) groups is 1. The zero-order valence-electron chi connectivity index (χ0n) is 25.3. The standard InChI is InChI=1S/C29H48BN5O6/c1-18(2)13-25(30-40-24-17-21-16-23(28(21,3)4)29(24,5)41-30)33-26(37)20(11-8-12-32-27(31)34-35(38)39)15-22(36)14-19-9-6-7-10-19/h6,9,18-21,23-25H,7-8,10-17H2,1-5H3,(H,33,37)(H3,31,32,34)/t19?,20-,21-,23-,24-,25+,29+/m1/s1. The van der Waals surface area contributed by atoms with Crippen molar-refractivity contribution >= 4 is 24.8 Å². The quantitative estimate of drug-likeness (QED) is 0.0541. The number of nitrogens with zero attached hydrogens (tertiary/aromatic N) is 2. The third kappa shape index (κ3) is 7.31. The molecule has 228 valence electrons. The van der Waals surface area contributed by atoms with Gasteiger partial charge in [0.2, 0.25) is 5.91 Å². The molecule has 4 fully saturated rings. The maximum absolute atomic E-state index is 13.8. The fourth-order valence-electron chi connectivity index (χ4n) is 7.63. The second-order valence-corrected chi connectivity index (χ2v) is 13.8. The molecule has 0 radical (unpaired) electrons. The van der Waals surface area contributed by atoms with E-state index in [1.165, 1.54) is 0 Å². The van der Waals surface area contributed by atoms with Gasteiger partial charge in [0.15, 0.2) is 5.03 Å². The summed E-state index contributed by atoms with van der Waals surface area (Å²) in [7, 11) is -0.538. The molecule has 0 spiro atoms. The second-order valence-electron chi connectivity index (χ2n) is 13.8. The fourth-order valence-corrected chi connectivity index (χ4v) is 7.63. The minimum atomic E-state index is -0.770. The Kier molecular flexibility index (Phi) is 9.83. The van der Waals surface area contributed by atoms with Gasteiger partial charge in [0.05, 0.1) is 17.6 Å². The van der Waals surface area contributed by atoms with Crippen molar-refractivity contribution in [3.05, 3.63) is 22.3 Å². The number of carbonyl (C=O) groups is 2. The van der Waals surface area contributed by atoms with Crippen LogP contribution in [0.3, 0.4) is 0 Å². The highest BCUT2D eigenvalue weighted by Crippen LogP contribution is 2.65. The van der Waals surface area contributed by atoms with E-state index in [1.807, 2.05) is 5.43 Å². The predicted molar refractivity (Wildman–Crippen MR) is 157 cm³/mol. The lowest BCUT2D eigenvalue weighted by Crippen LogP contribution is -2.65. The van der Waals surface area contributed by atoms with Gasteiger partial charge in [0, 0.05) is 25.3 Å². The summed E-state index contributed by atoms with van der Waals surface area (Å²) in [5.41, 5.74) is 7.20. The summed E-state index contributed by atoms with van der Waals surface area (Å²) in [6, 6.07) is 0. The Balaban J connectivity index is 1.42. The van der Waals surface area contributed by atoms with Crippen molar-refractivity contribution in [1.82, 2.24) is 10.7 Å². The largest absolute Gasteiger partial charge is 0.481 e. The minimum Gasteiger partial charge on any atom is -0.404 e. The summed E-state index contributed by atoms with van der Waals surface area (Å²) in [6.45, 7) is 11.3. The van der Waals surface area contributed by atoms with Crippen LogP contribution in [0.1, 0.15) is 92.4 Å². The summed E-state index contributed by atoms with van der Waals surface area (Å²) in [5.74, 6) is 0.291. The van der Waals surface area contributed by atoms with Gasteiger partial charge in [0.25, 0.3) is 5.96 Å². The first kappa shape index (κ1) is 31.5. The van der Waals surface area contributed by atoms with E-state index in [2.05, 4.69) is 57.1 Å². The average Bonchev–Trinajstić information content (AvgIpc) is 3.51. The van der Waals surface area contributed by atoms with Gasteiger partial charge in [0.1, 0.15) is 5.78 Å². The molecule has 41 heavy (non-hydrogen) atoms. The zero-order chi connectivity index (χ0) is 29.9. The predicted octanol–water partition coefficient (Wildman–Crippen LogP) is 3.59. The number of Topliss-reactive ketones (excluding diaryl/α,β-unsaturated/α-hetero) is 1. The number of nitrogens with two attached hydrogens (primary N) is 1. The lowest BCUT2D eigenvalue weighted by molar-refractivity contribution is -0.525. The first-order valence-electron chi connectivity index (χ1n) is 15.3. The third-order valence-electron chi connectivity index (χ3n) is 10.00. The molecule has 5 aliphatic rings. The fraction of sp³-hybridized carbons (Fsp3) is 0.828. The van der Waals surface area contributed by atoms with Crippen molar-refractivity contribution in [2.24, 2.45) is 45.7 Å². The van der Waals surface area contributed by atoms with Crippen LogP contribution in [0, 0.1) is 45.1 Å². The van der Waals surface area contributed by atoms with E-state index in [0.29, 0.717) is 43.4 Å². The van der Waals surface area contributed by atoms with E-state index in [9.17, 15) is 19.7 Å². The van der Waals surface area contributed by atoms with Crippen LogP contribution in [0.25, 0.3) is 0 Å². The molecule has 1 heterocycles. The molecule has 0 aromatic rings. The van der Waals surface area contributed by atoms with Gasteiger partial charge in [-0.2, -0.15) is 0 Å². The number of hydrogen-bond donors (Lipinski definition) is 3.